The summed E-state index contributed by atoms with van der Waals surface area (Å²) in [5.41, 5.74) is 0.444. The highest BCUT2D eigenvalue weighted by Crippen LogP contribution is 2.29. The third kappa shape index (κ3) is 6.12. The van der Waals surface area contributed by atoms with Crippen molar-refractivity contribution in [1.29, 1.82) is 0 Å². The molecule has 3 atom stereocenters. The third-order valence-corrected chi connectivity index (χ3v) is 5.45. The maximum Gasteiger partial charge on any atom is 0.325 e. The number of esters is 1. The highest BCUT2D eigenvalue weighted by atomic mass is 79.9. The lowest BCUT2D eigenvalue weighted by Gasteiger charge is -2.34. The second-order valence-electron chi connectivity index (χ2n) is 6.79. The first-order chi connectivity index (χ1) is 12.4. The lowest BCUT2D eigenvalue weighted by atomic mass is 9.78. The average molecular weight is 425 g/mol. The normalized spacial score (nSPS) is 22.3. The summed E-state index contributed by atoms with van der Waals surface area (Å²) in [6.45, 7) is 3.72. The number of nitrogens with one attached hydrogen (secondary N) is 2. The molecule has 6 nitrogen and oxygen atoms in total. The molecule has 0 bridgehead atoms. The standard InChI is InChI=1S/C19H25BrN2O4/c1-12-4-3-5-16(13(12)2)22-17(23)11-26-18(24)10-21-19(25)14-6-8-15(20)9-7-14/h6-9,12-13,16H,3-5,10-11H2,1-2H3,(H,21,25)(H,22,23)/t12-,13+,16-/m1/s1. The zero-order valence-corrected chi connectivity index (χ0v) is 16.7. The van der Waals surface area contributed by atoms with Crippen LogP contribution in [0.2, 0.25) is 0 Å². The monoisotopic (exact) mass is 424 g/mol. The van der Waals surface area contributed by atoms with Crippen LogP contribution in [0, 0.1) is 11.8 Å². The lowest BCUT2D eigenvalue weighted by Crippen LogP contribution is -2.45. The van der Waals surface area contributed by atoms with Gasteiger partial charge in [0, 0.05) is 16.1 Å². The van der Waals surface area contributed by atoms with Gasteiger partial charge in [0.05, 0.1) is 0 Å². The van der Waals surface area contributed by atoms with Gasteiger partial charge < -0.3 is 15.4 Å². The molecular formula is C19H25BrN2O4. The number of rotatable bonds is 6. The molecule has 142 valence electrons. The molecule has 2 N–H and O–H groups in total. The van der Waals surface area contributed by atoms with E-state index in [0.29, 0.717) is 17.4 Å². The molecule has 0 aliphatic heterocycles. The van der Waals surface area contributed by atoms with E-state index in [2.05, 4.69) is 40.4 Å². The van der Waals surface area contributed by atoms with E-state index in [0.717, 1.165) is 17.3 Å². The number of amides is 2. The number of ether oxygens (including phenoxy) is 1. The van der Waals surface area contributed by atoms with Gasteiger partial charge >= 0.3 is 5.97 Å². The molecule has 1 aromatic carbocycles. The Balaban J connectivity index is 1.68. The zero-order valence-electron chi connectivity index (χ0n) is 15.1. The van der Waals surface area contributed by atoms with Crippen molar-refractivity contribution in [3.05, 3.63) is 34.3 Å². The van der Waals surface area contributed by atoms with E-state index in [1.807, 2.05) is 0 Å². The van der Waals surface area contributed by atoms with Crippen LogP contribution in [-0.2, 0) is 14.3 Å². The van der Waals surface area contributed by atoms with Crippen LogP contribution in [0.15, 0.2) is 28.7 Å². The fourth-order valence-corrected chi connectivity index (χ4v) is 3.35. The Hall–Kier alpha value is -1.89. The number of halogens is 1. The molecule has 26 heavy (non-hydrogen) atoms. The summed E-state index contributed by atoms with van der Waals surface area (Å²) in [6.07, 6.45) is 3.23. The van der Waals surface area contributed by atoms with Gasteiger partial charge in [-0.1, -0.05) is 42.6 Å². The molecule has 0 saturated heterocycles. The smallest absolute Gasteiger partial charge is 0.325 e. The Morgan fingerprint density at radius 2 is 1.85 bits per heavy atom. The van der Waals surface area contributed by atoms with E-state index in [4.69, 9.17) is 4.74 Å². The van der Waals surface area contributed by atoms with Crippen LogP contribution in [0.25, 0.3) is 0 Å². The maximum atomic E-state index is 12.0. The van der Waals surface area contributed by atoms with Crippen LogP contribution >= 0.6 is 15.9 Å². The van der Waals surface area contributed by atoms with Gasteiger partial charge in [-0.25, -0.2) is 0 Å². The Morgan fingerprint density at radius 3 is 2.54 bits per heavy atom. The Labute approximate surface area is 162 Å². The van der Waals surface area contributed by atoms with Crippen molar-refractivity contribution in [1.82, 2.24) is 10.6 Å². The molecule has 1 fully saturated rings. The molecule has 2 rings (SSSR count). The summed E-state index contributed by atoms with van der Waals surface area (Å²) in [6, 6.07) is 6.90. The molecule has 0 spiro atoms. The van der Waals surface area contributed by atoms with Crippen molar-refractivity contribution in [3.8, 4) is 0 Å². The molecule has 7 heteroatoms. The largest absolute Gasteiger partial charge is 0.454 e. The van der Waals surface area contributed by atoms with Gasteiger partial charge in [0.1, 0.15) is 6.54 Å². The van der Waals surface area contributed by atoms with E-state index in [-0.39, 0.29) is 31.0 Å². The van der Waals surface area contributed by atoms with Crippen LogP contribution in [0.1, 0.15) is 43.5 Å². The minimum absolute atomic E-state index is 0.127. The Kier molecular flexibility index (Phi) is 7.63. The van der Waals surface area contributed by atoms with Gasteiger partial charge in [0.2, 0.25) is 0 Å². The van der Waals surface area contributed by atoms with Gasteiger partial charge in [0.25, 0.3) is 11.8 Å². The van der Waals surface area contributed by atoms with E-state index < -0.39 is 5.97 Å². The quantitative estimate of drug-likeness (QED) is 0.687. The van der Waals surface area contributed by atoms with Crippen molar-refractivity contribution in [2.24, 2.45) is 11.8 Å². The number of benzene rings is 1. The van der Waals surface area contributed by atoms with Crippen molar-refractivity contribution < 1.29 is 19.1 Å². The second-order valence-corrected chi connectivity index (χ2v) is 7.71. The summed E-state index contributed by atoms with van der Waals surface area (Å²) in [4.78, 5) is 35.6. The van der Waals surface area contributed by atoms with Gasteiger partial charge in [-0.15, -0.1) is 0 Å². The van der Waals surface area contributed by atoms with E-state index in [1.54, 1.807) is 24.3 Å². The first-order valence-electron chi connectivity index (χ1n) is 8.85. The second kappa shape index (κ2) is 9.71. The molecule has 1 aromatic rings. The minimum atomic E-state index is -0.643. The Bertz CT molecular complexity index is 647. The fourth-order valence-electron chi connectivity index (χ4n) is 3.09. The first-order valence-corrected chi connectivity index (χ1v) is 9.65. The SMILES string of the molecule is C[C@H]1[C@H](C)CCC[C@H]1NC(=O)COC(=O)CNC(=O)c1ccc(Br)cc1. The van der Waals surface area contributed by atoms with Crippen LogP contribution in [0.5, 0.6) is 0 Å². The molecule has 0 unspecified atom stereocenters. The highest BCUT2D eigenvalue weighted by Gasteiger charge is 2.28. The van der Waals surface area contributed by atoms with E-state index in [9.17, 15) is 14.4 Å². The van der Waals surface area contributed by atoms with Crippen molar-refractivity contribution in [2.75, 3.05) is 13.2 Å². The lowest BCUT2D eigenvalue weighted by molar-refractivity contribution is -0.147. The first kappa shape index (κ1) is 20.4. The summed E-state index contributed by atoms with van der Waals surface area (Å²) in [5, 5.41) is 5.42. The summed E-state index contributed by atoms with van der Waals surface area (Å²) < 4.78 is 5.80. The van der Waals surface area contributed by atoms with Crippen LogP contribution in [0.4, 0.5) is 0 Å². The summed E-state index contributed by atoms with van der Waals surface area (Å²) in [5.74, 6) is -0.331. The van der Waals surface area contributed by atoms with Crippen molar-refractivity contribution >= 4 is 33.7 Å². The predicted octanol–water partition coefficient (Wildman–Crippen LogP) is 2.66. The van der Waals surface area contributed by atoms with Crippen LogP contribution in [0.3, 0.4) is 0 Å². The van der Waals surface area contributed by atoms with Crippen LogP contribution in [-0.4, -0.2) is 37.0 Å². The minimum Gasteiger partial charge on any atom is -0.454 e. The summed E-state index contributed by atoms with van der Waals surface area (Å²) in [7, 11) is 0. The zero-order chi connectivity index (χ0) is 19.1. The van der Waals surface area contributed by atoms with Crippen LogP contribution < -0.4 is 10.6 Å². The molecule has 1 saturated carbocycles. The van der Waals surface area contributed by atoms with Crippen molar-refractivity contribution in [3.63, 3.8) is 0 Å². The number of hydrogen-bond acceptors (Lipinski definition) is 4. The molecular weight excluding hydrogens is 400 g/mol. The predicted molar refractivity (Wildman–Crippen MR) is 102 cm³/mol. The van der Waals surface area contributed by atoms with Gasteiger partial charge in [-0.2, -0.15) is 0 Å². The van der Waals surface area contributed by atoms with Gasteiger partial charge in [0.15, 0.2) is 6.61 Å². The Morgan fingerprint density at radius 1 is 1.15 bits per heavy atom. The number of carbonyl (C=O) groups is 3. The molecule has 0 radical (unpaired) electrons. The molecule has 2 amide bonds. The topological polar surface area (TPSA) is 84.5 Å². The van der Waals surface area contributed by atoms with Crippen molar-refractivity contribution in [2.45, 2.75) is 39.2 Å². The maximum absolute atomic E-state index is 12.0. The van der Waals surface area contributed by atoms with E-state index in [1.165, 1.54) is 6.42 Å². The molecule has 0 heterocycles. The van der Waals surface area contributed by atoms with E-state index >= 15 is 0 Å². The average Bonchev–Trinajstić information content (AvgIpc) is 2.62. The molecule has 1 aliphatic carbocycles. The van der Waals surface area contributed by atoms with Gasteiger partial charge in [-0.05, 0) is 42.5 Å². The molecule has 0 aromatic heterocycles. The summed E-state index contributed by atoms with van der Waals surface area (Å²) >= 11 is 3.29. The fraction of sp³-hybridized carbons (Fsp3) is 0.526. The third-order valence-electron chi connectivity index (χ3n) is 4.92. The number of carbonyl (C=O) groups excluding carboxylic acids is 3. The number of hydrogen-bond donors (Lipinski definition) is 2. The van der Waals surface area contributed by atoms with Gasteiger partial charge in [-0.3, -0.25) is 14.4 Å². The highest BCUT2D eigenvalue weighted by molar-refractivity contribution is 9.10. The molecule has 1 aliphatic rings.